The smallest absolute Gasteiger partial charge is 0.125 e. The molecular formula is C5H3BBrClN2. The summed E-state index contributed by atoms with van der Waals surface area (Å²) in [6, 6.07) is 1.60. The SMILES string of the molecule is [B]c1c(N)cc(Br)nc1Cl. The van der Waals surface area contributed by atoms with Gasteiger partial charge in [0.1, 0.15) is 17.6 Å². The van der Waals surface area contributed by atoms with E-state index in [9.17, 15) is 0 Å². The largest absolute Gasteiger partial charge is 0.399 e. The third-order valence-electron chi connectivity index (χ3n) is 1.01. The van der Waals surface area contributed by atoms with Gasteiger partial charge in [-0.1, -0.05) is 11.6 Å². The quantitative estimate of drug-likeness (QED) is 0.517. The molecule has 1 heterocycles. The van der Waals surface area contributed by atoms with Crippen LogP contribution in [0.15, 0.2) is 10.7 Å². The van der Waals surface area contributed by atoms with E-state index in [0.29, 0.717) is 15.8 Å². The lowest BCUT2D eigenvalue weighted by atomic mass is 9.97. The maximum Gasteiger partial charge on any atom is 0.125 e. The van der Waals surface area contributed by atoms with Crippen molar-refractivity contribution in [2.75, 3.05) is 5.73 Å². The van der Waals surface area contributed by atoms with Gasteiger partial charge in [0.15, 0.2) is 0 Å². The van der Waals surface area contributed by atoms with E-state index in [1.807, 2.05) is 0 Å². The second-order valence-corrected chi connectivity index (χ2v) is 2.91. The maximum absolute atomic E-state index is 5.57. The zero-order chi connectivity index (χ0) is 7.72. The minimum absolute atomic E-state index is 0.229. The first-order chi connectivity index (χ1) is 4.61. The predicted octanol–water partition coefficient (Wildman–Crippen LogP) is 0.873. The van der Waals surface area contributed by atoms with Crippen molar-refractivity contribution in [3.8, 4) is 0 Å². The number of nitrogens with zero attached hydrogens (tertiary/aromatic N) is 1. The minimum atomic E-state index is 0.229. The Balaban J connectivity index is 3.31. The lowest BCUT2D eigenvalue weighted by molar-refractivity contribution is 1.30. The van der Waals surface area contributed by atoms with Gasteiger partial charge >= 0.3 is 0 Å². The van der Waals surface area contributed by atoms with Crippen molar-refractivity contribution in [3.05, 3.63) is 15.8 Å². The van der Waals surface area contributed by atoms with E-state index in [0.717, 1.165) is 0 Å². The molecule has 0 aromatic carbocycles. The first-order valence-electron chi connectivity index (χ1n) is 2.48. The van der Waals surface area contributed by atoms with E-state index in [4.69, 9.17) is 25.2 Å². The van der Waals surface area contributed by atoms with Gasteiger partial charge in [-0.25, -0.2) is 4.98 Å². The molecule has 0 saturated heterocycles. The fourth-order valence-electron chi connectivity index (χ4n) is 0.511. The Morgan fingerprint density at radius 2 is 2.30 bits per heavy atom. The summed E-state index contributed by atoms with van der Waals surface area (Å²) in [5.41, 5.74) is 6.20. The van der Waals surface area contributed by atoms with Crippen molar-refractivity contribution in [3.63, 3.8) is 0 Å². The molecule has 0 aliphatic carbocycles. The van der Waals surface area contributed by atoms with Gasteiger partial charge in [-0.15, -0.1) is 0 Å². The van der Waals surface area contributed by atoms with Gasteiger partial charge in [-0.2, -0.15) is 0 Å². The highest BCUT2D eigenvalue weighted by atomic mass is 79.9. The van der Waals surface area contributed by atoms with Crippen molar-refractivity contribution in [2.24, 2.45) is 0 Å². The number of aromatic nitrogens is 1. The molecule has 50 valence electrons. The fourth-order valence-corrected chi connectivity index (χ4v) is 1.24. The van der Waals surface area contributed by atoms with E-state index < -0.39 is 0 Å². The van der Waals surface area contributed by atoms with Crippen LogP contribution in [0.2, 0.25) is 5.15 Å². The molecule has 0 bridgehead atoms. The summed E-state index contributed by atoms with van der Waals surface area (Å²) in [5.74, 6) is 0. The van der Waals surface area contributed by atoms with Crippen LogP contribution >= 0.6 is 27.5 Å². The molecule has 0 atom stereocenters. The highest BCUT2D eigenvalue weighted by Crippen LogP contribution is 2.12. The highest BCUT2D eigenvalue weighted by Gasteiger charge is 2.00. The fraction of sp³-hybridized carbons (Fsp3) is 0. The highest BCUT2D eigenvalue weighted by molar-refractivity contribution is 9.10. The van der Waals surface area contributed by atoms with Gasteiger partial charge in [0, 0.05) is 5.69 Å². The first kappa shape index (κ1) is 7.89. The summed E-state index contributed by atoms with van der Waals surface area (Å²) in [6.07, 6.45) is 0. The second-order valence-electron chi connectivity index (χ2n) is 1.74. The number of hydrogen-bond acceptors (Lipinski definition) is 2. The lowest BCUT2D eigenvalue weighted by Gasteiger charge is -2.01. The summed E-state index contributed by atoms with van der Waals surface area (Å²) in [5, 5.41) is 0.229. The third-order valence-corrected chi connectivity index (χ3v) is 1.71. The molecule has 10 heavy (non-hydrogen) atoms. The molecule has 0 spiro atoms. The summed E-state index contributed by atoms with van der Waals surface area (Å²) in [7, 11) is 5.41. The molecule has 1 aromatic rings. The Hall–Kier alpha value is -0.215. The number of anilines is 1. The molecule has 0 amide bonds. The Morgan fingerprint density at radius 3 is 2.80 bits per heavy atom. The molecule has 0 fully saturated rings. The Labute approximate surface area is 73.3 Å². The second kappa shape index (κ2) is 2.80. The zero-order valence-electron chi connectivity index (χ0n) is 4.94. The van der Waals surface area contributed by atoms with Gasteiger partial charge < -0.3 is 5.73 Å². The number of rotatable bonds is 0. The van der Waals surface area contributed by atoms with Crippen LogP contribution in [0.25, 0.3) is 0 Å². The minimum Gasteiger partial charge on any atom is -0.399 e. The normalized spacial score (nSPS) is 9.80. The van der Waals surface area contributed by atoms with Crippen molar-refractivity contribution in [2.45, 2.75) is 0 Å². The van der Waals surface area contributed by atoms with Gasteiger partial charge in [0.2, 0.25) is 0 Å². The molecule has 0 unspecified atom stereocenters. The van der Waals surface area contributed by atoms with Gasteiger partial charge in [-0.05, 0) is 27.5 Å². The van der Waals surface area contributed by atoms with Crippen LogP contribution in [-0.4, -0.2) is 12.8 Å². The molecule has 2 nitrogen and oxygen atoms in total. The van der Waals surface area contributed by atoms with E-state index in [1.54, 1.807) is 6.07 Å². The zero-order valence-corrected chi connectivity index (χ0v) is 7.28. The van der Waals surface area contributed by atoms with Gasteiger partial charge in [0.25, 0.3) is 0 Å². The Kier molecular flexibility index (Phi) is 2.21. The van der Waals surface area contributed by atoms with E-state index >= 15 is 0 Å². The van der Waals surface area contributed by atoms with Crippen molar-refractivity contribution < 1.29 is 0 Å². The average molecular weight is 217 g/mol. The standard InChI is InChI=1S/C5H3BBrClN2/c6-4-2(9)1-3(7)10-5(4)8/h1H,(H2,9,10). The number of hydrogen-bond donors (Lipinski definition) is 1. The van der Waals surface area contributed by atoms with Crippen molar-refractivity contribution in [1.82, 2.24) is 4.98 Å². The third kappa shape index (κ3) is 1.44. The molecule has 2 N–H and O–H groups in total. The predicted molar refractivity (Wildman–Crippen MR) is 46.7 cm³/mol. The van der Waals surface area contributed by atoms with Crippen LogP contribution in [0.1, 0.15) is 0 Å². The molecular weight excluding hydrogens is 214 g/mol. The Morgan fingerprint density at radius 1 is 1.70 bits per heavy atom. The summed E-state index contributed by atoms with van der Waals surface area (Å²) in [4.78, 5) is 3.81. The molecule has 1 rings (SSSR count). The first-order valence-corrected chi connectivity index (χ1v) is 3.65. The van der Waals surface area contributed by atoms with Crippen LogP contribution < -0.4 is 11.2 Å². The van der Waals surface area contributed by atoms with Crippen LogP contribution in [0, 0.1) is 0 Å². The van der Waals surface area contributed by atoms with E-state index in [-0.39, 0.29) is 5.15 Å². The van der Waals surface area contributed by atoms with Gasteiger partial charge in [0.05, 0.1) is 0 Å². The molecule has 2 radical (unpaired) electrons. The average Bonchev–Trinajstić information content (AvgIpc) is 1.82. The maximum atomic E-state index is 5.57. The van der Waals surface area contributed by atoms with Crippen LogP contribution in [0.5, 0.6) is 0 Å². The van der Waals surface area contributed by atoms with Crippen LogP contribution in [0.3, 0.4) is 0 Å². The van der Waals surface area contributed by atoms with Crippen LogP contribution in [-0.2, 0) is 0 Å². The topological polar surface area (TPSA) is 38.9 Å². The monoisotopic (exact) mass is 216 g/mol. The number of nitrogen functional groups attached to an aromatic ring is 1. The number of nitrogens with two attached hydrogens (primary N) is 1. The molecule has 0 saturated carbocycles. The number of pyridine rings is 1. The number of halogens is 2. The van der Waals surface area contributed by atoms with E-state index in [1.165, 1.54) is 0 Å². The summed E-state index contributed by atoms with van der Waals surface area (Å²) in [6.45, 7) is 0. The molecule has 0 aliphatic rings. The summed E-state index contributed by atoms with van der Waals surface area (Å²) >= 11 is 8.69. The van der Waals surface area contributed by atoms with Crippen LogP contribution in [0.4, 0.5) is 5.69 Å². The van der Waals surface area contributed by atoms with E-state index in [2.05, 4.69) is 20.9 Å². The molecule has 1 aromatic heterocycles. The van der Waals surface area contributed by atoms with Gasteiger partial charge in [-0.3, -0.25) is 0 Å². The molecule has 0 aliphatic heterocycles. The summed E-state index contributed by atoms with van der Waals surface area (Å²) < 4.78 is 0.587. The van der Waals surface area contributed by atoms with Crippen molar-refractivity contribution >= 4 is 46.5 Å². The molecule has 5 heteroatoms. The van der Waals surface area contributed by atoms with Crippen molar-refractivity contribution in [1.29, 1.82) is 0 Å². The Bertz CT molecular complexity index is 243. The lowest BCUT2D eigenvalue weighted by Crippen LogP contribution is -2.12.